The molecule has 56 valence electrons. The fraction of sp³-hybridized carbons (Fsp3) is 0.250. The molecular weight excluding hydrogens is 140 g/mol. The molecule has 1 aromatic heterocycles. The minimum Gasteiger partial charge on any atom is -0.267 e. The van der Waals surface area contributed by atoms with Crippen LogP contribution in [0.5, 0.6) is 0 Å². The molecule has 3 nitrogen and oxygen atoms in total. The molecule has 11 heavy (non-hydrogen) atoms. The Morgan fingerprint density at radius 2 is 2.45 bits per heavy atom. The van der Waals surface area contributed by atoms with Gasteiger partial charge in [0.25, 0.3) is 5.91 Å². The van der Waals surface area contributed by atoms with Crippen LogP contribution in [0.1, 0.15) is 17.4 Å². The van der Waals surface area contributed by atoms with Crippen LogP contribution in [0.2, 0.25) is 0 Å². The summed E-state index contributed by atoms with van der Waals surface area (Å²) in [6, 6.07) is 1.87. The molecule has 0 unspecified atom stereocenters. The zero-order valence-corrected chi connectivity index (χ0v) is 6.24. The van der Waals surface area contributed by atoms with Crippen LogP contribution >= 0.6 is 0 Å². The van der Waals surface area contributed by atoms with Gasteiger partial charge in [0.15, 0.2) is 0 Å². The molecule has 0 bridgehead atoms. The SMILES string of the molecule is CC1=CC(=O)n2nccc2C1. The maximum Gasteiger partial charge on any atom is 0.271 e. The molecule has 1 aliphatic rings. The first kappa shape index (κ1) is 6.34. The fourth-order valence-corrected chi connectivity index (χ4v) is 1.27. The van der Waals surface area contributed by atoms with Gasteiger partial charge in [0.05, 0.1) is 5.69 Å². The van der Waals surface area contributed by atoms with E-state index < -0.39 is 0 Å². The number of carbonyl (C=O) groups is 1. The van der Waals surface area contributed by atoms with E-state index in [-0.39, 0.29) is 5.91 Å². The highest BCUT2D eigenvalue weighted by Crippen LogP contribution is 2.12. The van der Waals surface area contributed by atoms with E-state index in [1.54, 1.807) is 12.3 Å². The summed E-state index contributed by atoms with van der Waals surface area (Å²) in [4.78, 5) is 11.2. The van der Waals surface area contributed by atoms with Crippen molar-refractivity contribution < 1.29 is 4.79 Å². The lowest BCUT2D eigenvalue weighted by molar-refractivity contribution is 0.0946. The van der Waals surface area contributed by atoms with Crippen molar-refractivity contribution in [2.24, 2.45) is 0 Å². The Labute approximate surface area is 64.3 Å². The summed E-state index contributed by atoms with van der Waals surface area (Å²) < 4.78 is 1.44. The van der Waals surface area contributed by atoms with Crippen LogP contribution < -0.4 is 0 Å². The predicted octanol–water partition coefficient (Wildman–Crippen LogP) is 1.03. The molecule has 0 fully saturated rings. The van der Waals surface area contributed by atoms with Crippen molar-refractivity contribution in [2.75, 3.05) is 0 Å². The van der Waals surface area contributed by atoms with Gasteiger partial charge in [-0.3, -0.25) is 4.79 Å². The van der Waals surface area contributed by atoms with E-state index in [0.29, 0.717) is 0 Å². The average molecular weight is 148 g/mol. The van der Waals surface area contributed by atoms with Crippen LogP contribution in [0.4, 0.5) is 0 Å². The van der Waals surface area contributed by atoms with Crippen molar-refractivity contribution in [3.63, 3.8) is 0 Å². The summed E-state index contributed by atoms with van der Waals surface area (Å²) in [6.45, 7) is 1.95. The highest BCUT2D eigenvalue weighted by atomic mass is 16.2. The zero-order chi connectivity index (χ0) is 7.84. The summed E-state index contributed by atoms with van der Waals surface area (Å²) in [7, 11) is 0. The Morgan fingerprint density at radius 3 is 3.27 bits per heavy atom. The second-order valence-corrected chi connectivity index (χ2v) is 2.74. The molecule has 1 aromatic rings. The summed E-state index contributed by atoms with van der Waals surface area (Å²) in [6.07, 6.45) is 4.12. The lowest BCUT2D eigenvalue weighted by Crippen LogP contribution is -2.17. The van der Waals surface area contributed by atoms with E-state index >= 15 is 0 Å². The summed E-state index contributed by atoms with van der Waals surface area (Å²) in [5.74, 6) is -0.0336. The monoisotopic (exact) mass is 148 g/mol. The number of aromatic nitrogens is 2. The molecule has 2 heterocycles. The molecule has 0 aliphatic carbocycles. The molecule has 0 saturated carbocycles. The molecule has 0 aromatic carbocycles. The van der Waals surface area contributed by atoms with Crippen molar-refractivity contribution in [3.05, 3.63) is 29.6 Å². The number of fused-ring (bicyclic) bond motifs is 1. The Hall–Kier alpha value is -1.38. The van der Waals surface area contributed by atoms with E-state index in [0.717, 1.165) is 17.7 Å². The van der Waals surface area contributed by atoms with Gasteiger partial charge in [0.1, 0.15) is 0 Å². The first-order valence-corrected chi connectivity index (χ1v) is 3.52. The molecule has 3 heteroatoms. The van der Waals surface area contributed by atoms with Gasteiger partial charge in [0.2, 0.25) is 0 Å². The summed E-state index contributed by atoms with van der Waals surface area (Å²) in [5.41, 5.74) is 2.08. The molecule has 0 amide bonds. The Balaban J connectivity index is 2.54. The van der Waals surface area contributed by atoms with Gasteiger partial charge in [-0.15, -0.1) is 0 Å². The number of carbonyl (C=O) groups excluding carboxylic acids is 1. The number of allylic oxidation sites excluding steroid dienone is 2. The molecular formula is C8H8N2O. The second-order valence-electron chi connectivity index (χ2n) is 2.74. The van der Waals surface area contributed by atoms with Gasteiger partial charge >= 0.3 is 0 Å². The molecule has 0 atom stereocenters. The third-order valence-corrected chi connectivity index (χ3v) is 1.76. The second kappa shape index (κ2) is 2.05. The predicted molar refractivity (Wildman–Crippen MR) is 40.3 cm³/mol. The lowest BCUT2D eigenvalue weighted by Gasteiger charge is -2.09. The van der Waals surface area contributed by atoms with Gasteiger partial charge in [-0.1, -0.05) is 5.57 Å². The smallest absolute Gasteiger partial charge is 0.267 e. The summed E-state index contributed by atoms with van der Waals surface area (Å²) >= 11 is 0. The number of rotatable bonds is 0. The molecule has 0 N–H and O–H groups in total. The third-order valence-electron chi connectivity index (χ3n) is 1.76. The highest BCUT2D eigenvalue weighted by molar-refractivity contribution is 5.91. The first-order valence-electron chi connectivity index (χ1n) is 3.52. The van der Waals surface area contributed by atoms with E-state index in [9.17, 15) is 4.79 Å². The largest absolute Gasteiger partial charge is 0.271 e. The van der Waals surface area contributed by atoms with Gasteiger partial charge < -0.3 is 0 Å². The van der Waals surface area contributed by atoms with E-state index in [1.807, 2.05) is 13.0 Å². The van der Waals surface area contributed by atoms with E-state index in [2.05, 4.69) is 5.10 Å². The highest BCUT2D eigenvalue weighted by Gasteiger charge is 2.14. The molecule has 0 saturated heterocycles. The van der Waals surface area contributed by atoms with Crippen LogP contribution in [0, 0.1) is 0 Å². The first-order chi connectivity index (χ1) is 5.27. The lowest BCUT2D eigenvalue weighted by atomic mass is 10.1. The number of nitrogens with zero attached hydrogens (tertiary/aromatic N) is 2. The zero-order valence-electron chi connectivity index (χ0n) is 6.24. The third kappa shape index (κ3) is 0.888. The minimum absolute atomic E-state index is 0.0336. The average Bonchev–Trinajstić information content (AvgIpc) is 2.34. The number of hydrogen-bond acceptors (Lipinski definition) is 2. The molecule has 2 rings (SSSR count). The van der Waals surface area contributed by atoms with E-state index in [1.165, 1.54) is 4.68 Å². The molecule has 1 aliphatic heterocycles. The van der Waals surface area contributed by atoms with Crippen LogP contribution in [-0.4, -0.2) is 15.7 Å². The van der Waals surface area contributed by atoms with Crippen molar-refractivity contribution in [2.45, 2.75) is 13.3 Å². The number of hydrogen-bond donors (Lipinski definition) is 0. The van der Waals surface area contributed by atoms with Gasteiger partial charge in [-0.25, -0.2) is 4.68 Å². The van der Waals surface area contributed by atoms with Crippen LogP contribution in [0.15, 0.2) is 23.9 Å². The van der Waals surface area contributed by atoms with E-state index in [4.69, 9.17) is 0 Å². The topological polar surface area (TPSA) is 34.9 Å². The van der Waals surface area contributed by atoms with Crippen molar-refractivity contribution in [1.82, 2.24) is 9.78 Å². The Morgan fingerprint density at radius 1 is 1.64 bits per heavy atom. The quantitative estimate of drug-likeness (QED) is 0.550. The maximum absolute atomic E-state index is 11.2. The standard InChI is InChI=1S/C8H8N2O/c1-6-4-7-2-3-9-10(7)8(11)5-6/h2-3,5H,4H2,1H3. The minimum atomic E-state index is -0.0336. The van der Waals surface area contributed by atoms with Gasteiger partial charge in [-0.05, 0) is 13.0 Å². The molecule has 0 radical (unpaired) electrons. The normalized spacial score (nSPS) is 16.1. The van der Waals surface area contributed by atoms with Crippen LogP contribution in [0.25, 0.3) is 0 Å². The summed E-state index contributed by atoms with van der Waals surface area (Å²) in [5, 5.41) is 3.89. The maximum atomic E-state index is 11.2. The van der Waals surface area contributed by atoms with Crippen molar-refractivity contribution in [3.8, 4) is 0 Å². The van der Waals surface area contributed by atoms with Gasteiger partial charge in [0, 0.05) is 18.7 Å². The Bertz CT molecular complexity index is 336. The fourth-order valence-electron chi connectivity index (χ4n) is 1.27. The van der Waals surface area contributed by atoms with Crippen molar-refractivity contribution >= 4 is 5.91 Å². The molecule has 0 spiro atoms. The Kier molecular flexibility index (Phi) is 1.18. The van der Waals surface area contributed by atoms with Crippen molar-refractivity contribution in [1.29, 1.82) is 0 Å². The van der Waals surface area contributed by atoms with Crippen LogP contribution in [-0.2, 0) is 6.42 Å². The van der Waals surface area contributed by atoms with Crippen LogP contribution in [0.3, 0.4) is 0 Å². The van der Waals surface area contributed by atoms with Gasteiger partial charge in [-0.2, -0.15) is 5.10 Å².